The van der Waals surface area contributed by atoms with Gasteiger partial charge in [0.05, 0.1) is 0 Å². The third kappa shape index (κ3) is 4.01. The molecule has 0 radical (unpaired) electrons. The van der Waals surface area contributed by atoms with Crippen LogP contribution in [0.25, 0.3) is 0 Å². The summed E-state index contributed by atoms with van der Waals surface area (Å²) in [5, 5.41) is 11.1. The maximum absolute atomic E-state index is 10.0. The van der Waals surface area contributed by atoms with E-state index in [9.17, 15) is 5.11 Å². The molecule has 0 amide bonds. The molecule has 0 aliphatic carbocycles. The molecular formula is C15H16OSe. The van der Waals surface area contributed by atoms with Crippen molar-refractivity contribution in [3.63, 3.8) is 0 Å². The molecule has 0 spiro atoms. The number of hydrogen-bond acceptors (Lipinski definition) is 1. The number of aliphatic hydroxyl groups is 1. The van der Waals surface area contributed by atoms with Crippen LogP contribution in [-0.2, 0) is 0 Å². The number of aliphatic hydroxyl groups excluding tert-OH is 1. The van der Waals surface area contributed by atoms with Crippen molar-refractivity contribution in [3.8, 4) is 0 Å². The summed E-state index contributed by atoms with van der Waals surface area (Å²) in [5.41, 5.74) is 1.02. The van der Waals surface area contributed by atoms with Gasteiger partial charge in [0.25, 0.3) is 0 Å². The summed E-state index contributed by atoms with van der Waals surface area (Å²) in [7, 11) is 0. The van der Waals surface area contributed by atoms with E-state index in [0.29, 0.717) is 15.0 Å². The van der Waals surface area contributed by atoms with Crippen molar-refractivity contribution in [1.29, 1.82) is 0 Å². The Kier molecular flexibility index (Phi) is 4.81. The van der Waals surface area contributed by atoms with E-state index in [1.807, 2.05) is 36.4 Å². The van der Waals surface area contributed by atoms with E-state index in [1.54, 1.807) is 0 Å². The third-order valence-corrected chi connectivity index (χ3v) is 4.78. The summed E-state index contributed by atoms with van der Waals surface area (Å²) < 4.78 is 1.40. The van der Waals surface area contributed by atoms with E-state index in [2.05, 4.69) is 24.3 Å². The first-order valence-corrected chi connectivity index (χ1v) is 7.84. The van der Waals surface area contributed by atoms with Crippen LogP contribution in [0.5, 0.6) is 0 Å². The van der Waals surface area contributed by atoms with Crippen molar-refractivity contribution >= 4 is 19.4 Å². The molecule has 0 unspecified atom stereocenters. The summed E-state index contributed by atoms with van der Waals surface area (Å²) in [6.45, 7) is 0. The average molecular weight is 291 g/mol. The number of benzene rings is 2. The Morgan fingerprint density at radius 1 is 0.882 bits per heavy atom. The zero-order valence-corrected chi connectivity index (χ0v) is 11.3. The fraction of sp³-hybridized carbons (Fsp3) is 0.200. The van der Waals surface area contributed by atoms with Gasteiger partial charge in [0.15, 0.2) is 0 Å². The van der Waals surface area contributed by atoms with E-state index >= 15 is 0 Å². The molecule has 0 saturated carbocycles. The van der Waals surface area contributed by atoms with Gasteiger partial charge < -0.3 is 0 Å². The Balaban J connectivity index is 1.79. The van der Waals surface area contributed by atoms with Crippen LogP contribution in [0.2, 0.25) is 5.32 Å². The van der Waals surface area contributed by atoms with Gasteiger partial charge in [-0.05, 0) is 0 Å². The number of rotatable bonds is 5. The molecule has 2 aromatic carbocycles. The second-order valence-electron chi connectivity index (χ2n) is 3.88. The molecule has 88 valence electrons. The quantitative estimate of drug-likeness (QED) is 0.839. The van der Waals surface area contributed by atoms with Crippen LogP contribution in [0.3, 0.4) is 0 Å². The van der Waals surface area contributed by atoms with Crippen molar-refractivity contribution in [2.24, 2.45) is 0 Å². The zero-order chi connectivity index (χ0) is 11.9. The Morgan fingerprint density at radius 2 is 1.47 bits per heavy atom. The van der Waals surface area contributed by atoms with Gasteiger partial charge in [-0.3, -0.25) is 0 Å². The summed E-state index contributed by atoms with van der Waals surface area (Å²) >= 11 is 0.469. The van der Waals surface area contributed by atoms with Gasteiger partial charge in [-0.25, -0.2) is 0 Å². The molecule has 0 saturated heterocycles. The topological polar surface area (TPSA) is 20.2 Å². The first-order chi connectivity index (χ1) is 8.36. The normalized spacial score (nSPS) is 12.3. The van der Waals surface area contributed by atoms with Gasteiger partial charge in [0.1, 0.15) is 0 Å². The van der Waals surface area contributed by atoms with Gasteiger partial charge >= 0.3 is 109 Å². The van der Waals surface area contributed by atoms with Crippen LogP contribution >= 0.6 is 0 Å². The first kappa shape index (κ1) is 12.4. The fourth-order valence-corrected chi connectivity index (χ4v) is 3.59. The van der Waals surface area contributed by atoms with Gasteiger partial charge in [-0.1, -0.05) is 0 Å². The van der Waals surface area contributed by atoms with Crippen LogP contribution in [0, 0.1) is 0 Å². The summed E-state index contributed by atoms with van der Waals surface area (Å²) in [6.07, 6.45) is 0.528. The molecule has 2 rings (SSSR count). The van der Waals surface area contributed by atoms with Crippen LogP contribution in [-0.4, -0.2) is 20.1 Å². The molecular weight excluding hydrogens is 275 g/mol. The van der Waals surface area contributed by atoms with Gasteiger partial charge in [0, 0.05) is 0 Å². The van der Waals surface area contributed by atoms with E-state index in [0.717, 1.165) is 17.3 Å². The molecule has 0 aliphatic rings. The van der Waals surface area contributed by atoms with E-state index in [-0.39, 0.29) is 6.10 Å². The Bertz CT molecular complexity index is 427. The van der Waals surface area contributed by atoms with Crippen molar-refractivity contribution in [2.45, 2.75) is 17.8 Å². The van der Waals surface area contributed by atoms with Crippen molar-refractivity contribution in [2.75, 3.05) is 0 Å². The SMILES string of the molecule is O[C@H](CC[Se]c1ccccc1)c1ccccc1. The van der Waals surface area contributed by atoms with Crippen LogP contribution in [0.4, 0.5) is 0 Å². The molecule has 2 aromatic rings. The predicted molar refractivity (Wildman–Crippen MR) is 72.7 cm³/mol. The van der Waals surface area contributed by atoms with Crippen molar-refractivity contribution in [1.82, 2.24) is 0 Å². The molecule has 0 bridgehead atoms. The zero-order valence-electron chi connectivity index (χ0n) is 9.62. The van der Waals surface area contributed by atoms with Gasteiger partial charge in [-0.2, -0.15) is 0 Å². The second-order valence-corrected chi connectivity index (χ2v) is 6.33. The Morgan fingerprint density at radius 3 is 2.12 bits per heavy atom. The predicted octanol–water partition coefficient (Wildman–Crippen LogP) is 2.56. The second kappa shape index (κ2) is 6.61. The Labute approximate surface area is 109 Å². The first-order valence-electron chi connectivity index (χ1n) is 5.77. The molecule has 0 heterocycles. The monoisotopic (exact) mass is 292 g/mol. The Hall–Kier alpha value is -1.08. The maximum atomic E-state index is 10.0. The summed E-state index contributed by atoms with van der Waals surface area (Å²) in [4.78, 5) is 0. The van der Waals surface area contributed by atoms with E-state index in [1.165, 1.54) is 4.46 Å². The van der Waals surface area contributed by atoms with Crippen molar-refractivity contribution in [3.05, 3.63) is 66.2 Å². The molecule has 1 N–H and O–H groups in total. The van der Waals surface area contributed by atoms with Crippen LogP contribution in [0.15, 0.2) is 60.7 Å². The van der Waals surface area contributed by atoms with Crippen LogP contribution < -0.4 is 4.46 Å². The fourth-order valence-electron chi connectivity index (χ4n) is 1.65. The average Bonchev–Trinajstić information content (AvgIpc) is 2.41. The molecule has 0 aliphatic heterocycles. The van der Waals surface area contributed by atoms with Gasteiger partial charge in [-0.15, -0.1) is 0 Å². The molecule has 0 aromatic heterocycles. The minimum absolute atomic E-state index is 0.318. The summed E-state index contributed by atoms with van der Waals surface area (Å²) in [6, 6.07) is 20.4. The molecule has 1 nitrogen and oxygen atoms in total. The molecule has 1 atom stereocenters. The van der Waals surface area contributed by atoms with E-state index < -0.39 is 0 Å². The molecule has 2 heteroatoms. The van der Waals surface area contributed by atoms with Gasteiger partial charge in [0.2, 0.25) is 0 Å². The van der Waals surface area contributed by atoms with Crippen molar-refractivity contribution < 1.29 is 5.11 Å². The minimum atomic E-state index is -0.318. The van der Waals surface area contributed by atoms with Crippen LogP contribution in [0.1, 0.15) is 18.1 Å². The summed E-state index contributed by atoms with van der Waals surface area (Å²) in [5.74, 6) is 0. The number of hydrogen-bond donors (Lipinski definition) is 1. The standard InChI is InChI=1S/C15H16OSe/c16-15(13-7-3-1-4-8-13)11-12-17-14-9-5-2-6-10-14/h1-10,15-16H,11-12H2/t15-/m1/s1. The van der Waals surface area contributed by atoms with E-state index in [4.69, 9.17) is 0 Å². The molecule has 17 heavy (non-hydrogen) atoms. The molecule has 0 fully saturated rings. The third-order valence-electron chi connectivity index (χ3n) is 2.59.